The molecular weight excluding hydrogens is 256 g/mol. The van der Waals surface area contributed by atoms with Crippen molar-refractivity contribution in [2.24, 2.45) is 5.41 Å². The van der Waals surface area contributed by atoms with Crippen LogP contribution in [0.5, 0.6) is 0 Å². The highest BCUT2D eigenvalue weighted by atomic mass is 16.7. The molecule has 0 aliphatic heterocycles. The lowest BCUT2D eigenvalue weighted by Crippen LogP contribution is -2.34. The predicted molar refractivity (Wildman–Crippen MR) is 78.4 cm³/mol. The van der Waals surface area contributed by atoms with Crippen molar-refractivity contribution in [2.45, 2.75) is 85.2 Å². The van der Waals surface area contributed by atoms with Crippen LogP contribution in [0.1, 0.15) is 66.7 Å². The smallest absolute Gasteiger partial charge is 0.311 e. The normalized spacial score (nSPS) is 25.2. The van der Waals surface area contributed by atoms with Gasteiger partial charge in [-0.3, -0.25) is 4.79 Å². The number of rotatable bonds is 7. The first-order chi connectivity index (χ1) is 9.39. The van der Waals surface area contributed by atoms with Crippen LogP contribution in [0.3, 0.4) is 0 Å². The fourth-order valence-electron chi connectivity index (χ4n) is 2.29. The largest absolute Gasteiger partial charge is 0.462 e. The van der Waals surface area contributed by atoms with Gasteiger partial charge in [0.2, 0.25) is 0 Å². The summed E-state index contributed by atoms with van der Waals surface area (Å²) in [6, 6.07) is 0. The predicted octanol–water partition coefficient (Wildman–Crippen LogP) is 3.68. The number of hydrogen-bond donors (Lipinski definition) is 0. The Morgan fingerprint density at radius 2 is 1.70 bits per heavy atom. The quantitative estimate of drug-likeness (QED) is 0.529. The molecule has 0 radical (unpaired) electrons. The third-order valence-electron chi connectivity index (χ3n) is 4.12. The summed E-state index contributed by atoms with van der Waals surface area (Å²) in [5.74, 6) is -0.0768. The van der Waals surface area contributed by atoms with E-state index in [1.54, 1.807) is 0 Å². The highest BCUT2D eigenvalue weighted by Crippen LogP contribution is 2.28. The molecule has 0 spiro atoms. The zero-order chi connectivity index (χ0) is 15.2. The van der Waals surface area contributed by atoms with Crippen LogP contribution in [-0.4, -0.2) is 31.1 Å². The zero-order valence-corrected chi connectivity index (χ0v) is 13.6. The molecule has 20 heavy (non-hydrogen) atoms. The van der Waals surface area contributed by atoms with Crippen molar-refractivity contribution in [3.05, 3.63) is 0 Å². The lowest BCUT2D eigenvalue weighted by atomic mass is 9.90. The number of carbonyl (C=O) groups is 1. The molecule has 1 aliphatic rings. The molecular formula is C16H30O4. The topological polar surface area (TPSA) is 44.8 Å². The third kappa shape index (κ3) is 5.41. The van der Waals surface area contributed by atoms with Gasteiger partial charge in [0.15, 0.2) is 6.29 Å². The summed E-state index contributed by atoms with van der Waals surface area (Å²) in [5, 5.41) is 0. The molecule has 1 aliphatic carbocycles. The number of ether oxygens (including phenoxy) is 3. The fourth-order valence-corrected chi connectivity index (χ4v) is 2.29. The molecule has 0 bridgehead atoms. The molecule has 4 nitrogen and oxygen atoms in total. The first-order valence-corrected chi connectivity index (χ1v) is 7.87. The molecule has 4 heteroatoms. The Labute approximate surface area is 123 Å². The van der Waals surface area contributed by atoms with Crippen LogP contribution in [-0.2, 0) is 19.0 Å². The van der Waals surface area contributed by atoms with E-state index in [1.165, 1.54) is 0 Å². The highest BCUT2D eigenvalue weighted by Gasteiger charge is 2.31. The molecule has 1 fully saturated rings. The Morgan fingerprint density at radius 3 is 2.20 bits per heavy atom. The van der Waals surface area contributed by atoms with Crippen molar-refractivity contribution >= 4 is 5.97 Å². The number of esters is 1. The minimum atomic E-state index is -0.378. The van der Waals surface area contributed by atoms with Gasteiger partial charge in [0, 0.05) is 6.61 Å². The first-order valence-electron chi connectivity index (χ1n) is 7.87. The average molecular weight is 286 g/mol. The van der Waals surface area contributed by atoms with Crippen molar-refractivity contribution in [1.29, 1.82) is 0 Å². The lowest BCUT2D eigenvalue weighted by molar-refractivity contribution is -0.177. The van der Waals surface area contributed by atoms with Crippen LogP contribution in [0.4, 0.5) is 0 Å². The summed E-state index contributed by atoms with van der Waals surface area (Å²) in [4.78, 5) is 12.0. The van der Waals surface area contributed by atoms with Gasteiger partial charge in [-0.1, -0.05) is 6.92 Å². The van der Waals surface area contributed by atoms with Crippen molar-refractivity contribution in [1.82, 2.24) is 0 Å². The van der Waals surface area contributed by atoms with Crippen LogP contribution in [0.25, 0.3) is 0 Å². The molecule has 0 N–H and O–H groups in total. The second kappa shape index (κ2) is 7.99. The maximum Gasteiger partial charge on any atom is 0.311 e. The van der Waals surface area contributed by atoms with Gasteiger partial charge in [-0.15, -0.1) is 0 Å². The van der Waals surface area contributed by atoms with Crippen LogP contribution in [0.2, 0.25) is 0 Å². The maximum absolute atomic E-state index is 12.0. The summed E-state index contributed by atoms with van der Waals surface area (Å²) in [6.45, 7) is 10.5. The number of hydrogen-bond acceptors (Lipinski definition) is 4. The molecule has 1 atom stereocenters. The van der Waals surface area contributed by atoms with Gasteiger partial charge in [0.1, 0.15) is 6.10 Å². The van der Waals surface area contributed by atoms with Gasteiger partial charge in [0.25, 0.3) is 0 Å². The molecule has 1 rings (SSSR count). The van der Waals surface area contributed by atoms with E-state index >= 15 is 0 Å². The monoisotopic (exact) mass is 286 g/mol. The van der Waals surface area contributed by atoms with E-state index in [0.29, 0.717) is 6.61 Å². The van der Waals surface area contributed by atoms with E-state index in [2.05, 4.69) is 0 Å². The Morgan fingerprint density at radius 1 is 1.15 bits per heavy atom. The van der Waals surface area contributed by atoms with Gasteiger partial charge in [-0.05, 0) is 59.8 Å². The van der Waals surface area contributed by atoms with Crippen LogP contribution >= 0.6 is 0 Å². The van der Waals surface area contributed by atoms with Gasteiger partial charge in [-0.2, -0.15) is 0 Å². The highest BCUT2D eigenvalue weighted by molar-refractivity contribution is 5.75. The third-order valence-corrected chi connectivity index (χ3v) is 4.12. The Hall–Kier alpha value is -0.610. The van der Waals surface area contributed by atoms with E-state index in [4.69, 9.17) is 14.2 Å². The summed E-state index contributed by atoms with van der Waals surface area (Å²) in [6.07, 6.45) is 4.56. The van der Waals surface area contributed by atoms with Crippen LogP contribution in [0, 0.1) is 5.41 Å². The molecule has 0 aromatic heterocycles. The molecule has 118 valence electrons. The van der Waals surface area contributed by atoms with Gasteiger partial charge in [-0.25, -0.2) is 0 Å². The second-order valence-corrected chi connectivity index (χ2v) is 6.20. The molecule has 1 unspecified atom stereocenters. The van der Waals surface area contributed by atoms with Crippen molar-refractivity contribution < 1.29 is 19.0 Å². The summed E-state index contributed by atoms with van der Waals surface area (Å²) < 4.78 is 16.8. The zero-order valence-electron chi connectivity index (χ0n) is 13.6. The lowest BCUT2D eigenvalue weighted by Gasteiger charge is -2.32. The van der Waals surface area contributed by atoms with Crippen LogP contribution < -0.4 is 0 Å². The van der Waals surface area contributed by atoms with Crippen molar-refractivity contribution in [3.63, 3.8) is 0 Å². The van der Waals surface area contributed by atoms with E-state index in [0.717, 1.165) is 32.1 Å². The van der Waals surface area contributed by atoms with Gasteiger partial charge < -0.3 is 14.2 Å². The molecule has 0 aromatic carbocycles. The molecule has 0 saturated heterocycles. The molecule has 0 aromatic rings. The van der Waals surface area contributed by atoms with E-state index < -0.39 is 0 Å². The average Bonchev–Trinajstić information content (AvgIpc) is 2.41. The number of carbonyl (C=O) groups excluding carboxylic acids is 1. The van der Waals surface area contributed by atoms with E-state index in [-0.39, 0.29) is 29.9 Å². The van der Waals surface area contributed by atoms with Crippen molar-refractivity contribution in [3.8, 4) is 0 Å². The molecule has 1 saturated carbocycles. The minimum absolute atomic E-state index is 0.0515. The summed E-state index contributed by atoms with van der Waals surface area (Å²) >= 11 is 0. The maximum atomic E-state index is 12.0. The fraction of sp³-hybridized carbons (Fsp3) is 0.938. The minimum Gasteiger partial charge on any atom is -0.462 e. The SMILES string of the molecule is CCOC(C)OC1CCC(OC(=O)C(C)(C)CC)CC1. The first kappa shape index (κ1) is 17.4. The van der Waals surface area contributed by atoms with Crippen molar-refractivity contribution in [2.75, 3.05) is 6.61 Å². The molecule has 0 heterocycles. The Bertz CT molecular complexity index is 293. The Balaban J connectivity index is 2.30. The summed E-state index contributed by atoms with van der Waals surface area (Å²) in [7, 11) is 0. The van der Waals surface area contributed by atoms with Gasteiger partial charge in [0.05, 0.1) is 11.5 Å². The van der Waals surface area contributed by atoms with E-state index in [1.807, 2.05) is 34.6 Å². The summed E-state index contributed by atoms with van der Waals surface area (Å²) in [5.41, 5.74) is -0.378. The van der Waals surface area contributed by atoms with Gasteiger partial charge >= 0.3 is 5.97 Å². The Kier molecular flexibility index (Phi) is 6.96. The molecule has 0 amide bonds. The van der Waals surface area contributed by atoms with Crippen LogP contribution in [0.15, 0.2) is 0 Å². The second-order valence-electron chi connectivity index (χ2n) is 6.20. The van der Waals surface area contributed by atoms with E-state index in [9.17, 15) is 4.79 Å². The standard InChI is InChI=1S/C16H30O4/c1-6-16(4,5)15(17)20-14-10-8-13(9-11-14)19-12(3)18-7-2/h12-14H,6-11H2,1-5H3.